The first-order valence-corrected chi connectivity index (χ1v) is 6.08. The highest BCUT2D eigenvalue weighted by Crippen LogP contribution is 2.05. The lowest BCUT2D eigenvalue weighted by molar-refractivity contribution is -0.139. The fourth-order valence-electron chi connectivity index (χ4n) is 1.75. The zero-order valence-corrected chi connectivity index (χ0v) is 10.9. The lowest BCUT2D eigenvalue weighted by atomic mass is 10.2. The quantitative estimate of drug-likeness (QED) is 0.567. The van der Waals surface area contributed by atoms with Gasteiger partial charge in [0.2, 0.25) is 0 Å². The lowest BCUT2D eigenvalue weighted by Gasteiger charge is -2.32. The zero-order valence-electron chi connectivity index (χ0n) is 10.9. The standard InChI is InChI=1S/C11H20N2O6/c1-18-4-2-9(10(15)16)12-11(17)13-3-5-19-8(6-13)7-14/h8-9,14H,2-7H2,1H3,(H,12,17)(H,15,16). The summed E-state index contributed by atoms with van der Waals surface area (Å²) >= 11 is 0. The van der Waals surface area contributed by atoms with E-state index in [1.807, 2.05) is 0 Å². The van der Waals surface area contributed by atoms with E-state index in [0.29, 0.717) is 13.2 Å². The summed E-state index contributed by atoms with van der Waals surface area (Å²) in [5.41, 5.74) is 0. The van der Waals surface area contributed by atoms with Gasteiger partial charge in [-0.1, -0.05) is 0 Å². The van der Waals surface area contributed by atoms with Gasteiger partial charge in [-0.05, 0) is 0 Å². The van der Waals surface area contributed by atoms with Crippen molar-refractivity contribution in [2.45, 2.75) is 18.6 Å². The van der Waals surface area contributed by atoms with Gasteiger partial charge < -0.3 is 29.9 Å². The van der Waals surface area contributed by atoms with Gasteiger partial charge in [-0.3, -0.25) is 0 Å². The summed E-state index contributed by atoms with van der Waals surface area (Å²) < 4.78 is 10.0. The van der Waals surface area contributed by atoms with E-state index in [9.17, 15) is 9.59 Å². The second-order valence-corrected chi connectivity index (χ2v) is 4.24. The van der Waals surface area contributed by atoms with E-state index in [4.69, 9.17) is 19.7 Å². The molecule has 2 unspecified atom stereocenters. The van der Waals surface area contributed by atoms with Crippen molar-refractivity contribution < 1.29 is 29.3 Å². The van der Waals surface area contributed by atoms with Crippen LogP contribution in [-0.2, 0) is 14.3 Å². The highest BCUT2D eigenvalue weighted by molar-refractivity contribution is 5.82. The molecule has 0 spiro atoms. The molecule has 1 aliphatic rings. The molecule has 1 heterocycles. The Balaban J connectivity index is 2.48. The molecule has 1 rings (SSSR count). The Kier molecular flexibility index (Phi) is 6.54. The van der Waals surface area contributed by atoms with E-state index in [0.717, 1.165) is 0 Å². The maximum absolute atomic E-state index is 11.9. The van der Waals surface area contributed by atoms with Crippen LogP contribution in [0.15, 0.2) is 0 Å². The molecule has 8 nitrogen and oxygen atoms in total. The van der Waals surface area contributed by atoms with Crippen LogP contribution in [0.1, 0.15) is 6.42 Å². The first-order chi connectivity index (χ1) is 9.08. The summed E-state index contributed by atoms with van der Waals surface area (Å²) in [6.45, 7) is 1.03. The predicted octanol–water partition coefficient (Wildman–Crippen LogP) is -1.12. The van der Waals surface area contributed by atoms with E-state index in [1.54, 1.807) is 0 Å². The molecule has 0 aromatic heterocycles. The fourth-order valence-corrected chi connectivity index (χ4v) is 1.75. The Bertz CT molecular complexity index is 312. The Labute approximate surface area is 111 Å². The number of hydrogen-bond acceptors (Lipinski definition) is 5. The Morgan fingerprint density at radius 1 is 1.58 bits per heavy atom. The van der Waals surface area contributed by atoms with Crippen LogP contribution in [0.25, 0.3) is 0 Å². The van der Waals surface area contributed by atoms with Crippen molar-refractivity contribution in [2.24, 2.45) is 0 Å². The topological polar surface area (TPSA) is 108 Å². The van der Waals surface area contributed by atoms with Gasteiger partial charge >= 0.3 is 12.0 Å². The summed E-state index contributed by atoms with van der Waals surface area (Å²) in [5.74, 6) is -1.10. The maximum Gasteiger partial charge on any atom is 0.326 e. The molecule has 1 aliphatic heterocycles. The van der Waals surface area contributed by atoms with Crippen LogP contribution >= 0.6 is 0 Å². The number of carbonyl (C=O) groups is 2. The number of nitrogens with one attached hydrogen (secondary N) is 1. The maximum atomic E-state index is 11.9. The number of carboxylic acids is 1. The van der Waals surface area contributed by atoms with Crippen LogP contribution in [0.5, 0.6) is 0 Å². The molecule has 0 bridgehead atoms. The molecule has 110 valence electrons. The predicted molar refractivity (Wildman–Crippen MR) is 64.8 cm³/mol. The van der Waals surface area contributed by atoms with Gasteiger partial charge in [0.1, 0.15) is 6.04 Å². The van der Waals surface area contributed by atoms with Crippen molar-refractivity contribution in [3.05, 3.63) is 0 Å². The van der Waals surface area contributed by atoms with Crippen molar-refractivity contribution >= 4 is 12.0 Å². The monoisotopic (exact) mass is 276 g/mol. The number of ether oxygens (including phenoxy) is 2. The van der Waals surface area contributed by atoms with Crippen LogP contribution in [0.3, 0.4) is 0 Å². The molecule has 0 aliphatic carbocycles. The molecule has 0 aromatic rings. The molecular weight excluding hydrogens is 256 g/mol. The second-order valence-electron chi connectivity index (χ2n) is 4.24. The van der Waals surface area contributed by atoms with Crippen molar-refractivity contribution in [2.75, 3.05) is 40.0 Å². The third-order valence-corrected chi connectivity index (χ3v) is 2.84. The molecule has 0 aromatic carbocycles. The van der Waals surface area contributed by atoms with Crippen molar-refractivity contribution in [1.82, 2.24) is 10.2 Å². The fraction of sp³-hybridized carbons (Fsp3) is 0.818. The minimum absolute atomic E-state index is 0.171. The van der Waals surface area contributed by atoms with E-state index < -0.39 is 24.1 Å². The molecule has 3 N–H and O–H groups in total. The SMILES string of the molecule is COCCC(NC(=O)N1CCOC(CO)C1)C(=O)O. The zero-order chi connectivity index (χ0) is 14.3. The van der Waals surface area contributed by atoms with Crippen LogP contribution in [-0.4, -0.2) is 79.3 Å². The normalized spacial score (nSPS) is 20.9. The van der Waals surface area contributed by atoms with Crippen molar-refractivity contribution in [3.8, 4) is 0 Å². The number of hydrogen-bond donors (Lipinski definition) is 3. The molecule has 8 heteroatoms. The van der Waals surface area contributed by atoms with E-state index >= 15 is 0 Å². The Morgan fingerprint density at radius 3 is 2.89 bits per heavy atom. The minimum atomic E-state index is -1.10. The van der Waals surface area contributed by atoms with E-state index in [1.165, 1.54) is 12.0 Å². The van der Waals surface area contributed by atoms with Gasteiger partial charge in [-0.2, -0.15) is 0 Å². The number of morpholine rings is 1. The molecule has 2 atom stereocenters. The van der Waals surface area contributed by atoms with Crippen LogP contribution in [0.2, 0.25) is 0 Å². The van der Waals surface area contributed by atoms with Gasteiger partial charge in [-0.25, -0.2) is 9.59 Å². The van der Waals surface area contributed by atoms with Gasteiger partial charge in [-0.15, -0.1) is 0 Å². The molecular formula is C11H20N2O6. The van der Waals surface area contributed by atoms with E-state index in [-0.39, 0.29) is 26.2 Å². The van der Waals surface area contributed by atoms with Crippen molar-refractivity contribution in [1.29, 1.82) is 0 Å². The van der Waals surface area contributed by atoms with Crippen LogP contribution < -0.4 is 5.32 Å². The smallest absolute Gasteiger partial charge is 0.326 e. The van der Waals surface area contributed by atoms with Gasteiger partial charge in [0.15, 0.2) is 0 Å². The number of urea groups is 1. The van der Waals surface area contributed by atoms with Gasteiger partial charge in [0, 0.05) is 26.7 Å². The molecule has 19 heavy (non-hydrogen) atoms. The highest BCUT2D eigenvalue weighted by atomic mass is 16.5. The lowest BCUT2D eigenvalue weighted by Crippen LogP contribution is -2.54. The number of carbonyl (C=O) groups excluding carboxylic acids is 1. The Morgan fingerprint density at radius 2 is 2.32 bits per heavy atom. The number of amides is 2. The molecule has 2 amide bonds. The highest BCUT2D eigenvalue weighted by Gasteiger charge is 2.27. The van der Waals surface area contributed by atoms with Gasteiger partial charge in [0.05, 0.1) is 25.9 Å². The van der Waals surface area contributed by atoms with Crippen LogP contribution in [0.4, 0.5) is 4.79 Å². The van der Waals surface area contributed by atoms with Crippen molar-refractivity contribution in [3.63, 3.8) is 0 Å². The largest absolute Gasteiger partial charge is 0.480 e. The van der Waals surface area contributed by atoms with E-state index in [2.05, 4.69) is 5.32 Å². The third kappa shape index (κ3) is 5.01. The van der Waals surface area contributed by atoms with Crippen LogP contribution in [0, 0.1) is 0 Å². The average molecular weight is 276 g/mol. The molecule has 0 saturated carbocycles. The Hall–Kier alpha value is -1.38. The number of methoxy groups -OCH3 is 1. The number of nitrogens with zero attached hydrogens (tertiary/aromatic N) is 1. The molecule has 1 saturated heterocycles. The molecule has 0 radical (unpaired) electrons. The number of aliphatic hydroxyl groups is 1. The first kappa shape index (κ1) is 15.7. The summed E-state index contributed by atoms with van der Waals surface area (Å²) in [6.07, 6.45) is -0.215. The summed E-state index contributed by atoms with van der Waals surface area (Å²) in [4.78, 5) is 24.3. The average Bonchev–Trinajstić information content (AvgIpc) is 2.42. The number of aliphatic hydroxyl groups excluding tert-OH is 1. The number of aliphatic carboxylic acids is 1. The first-order valence-electron chi connectivity index (χ1n) is 6.08. The number of carboxylic acid groups (broad SMARTS) is 1. The summed E-state index contributed by atoms with van der Waals surface area (Å²) in [7, 11) is 1.47. The second kappa shape index (κ2) is 7.93. The molecule has 1 fully saturated rings. The summed E-state index contributed by atoms with van der Waals surface area (Å²) in [5, 5.41) is 20.4. The summed E-state index contributed by atoms with van der Waals surface area (Å²) in [6, 6.07) is -1.45. The van der Waals surface area contributed by atoms with Gasteiger partial charge in [0.25, 0.3) is 0 Å². The third-order valence-electron chi connectivity index (χ3n) is 2.84. The number of rotatable bonds is 6. The minimum Gasteiger partial charge on any atom is -0.480 e.